The fourth-order valence-corrected chi connectivity index (χ4v) is 3.03. The van der Waals surface area contributed by atoms with Gasteiger partial charge in [0.15, 0.2) is 0 Å². The van der Waals surface area contributed by atoms with Crippen LogP contribution in [-0.2, 0) is 4.79 Å². The van der Waals surface area contributed by atoms with Crippen LogP contribution in [0, 0.1) is 11.8 Å². The summed E-state index contributed by atoms with van der Waals surface area (Å²) < 4.78 is 0.724. The molecule has 0 radical (unpaired) electrons. The molecule has 2 rings (SSSR count). The Kier molecular flexibility index (Phi) is 4.65. The highest BCUT2D eigenvalue weighted by atomic mass is 79.9. The van der Waals surface area contributed by atoms with Gasteiger partial charge in [0.05, 0.1) is 15.2 Å². The minimum atomic E-state index is 0.0286. The Morgan fingerprint density at radius 1 is 1.50 bits per heavy atom. The Morgan fingerprint density at radius 3 is 3.00 bits per heavy atom. The lowest BCUT2D eigenvalue weighted by atomic mass is 9.95. The molecule has 18 heavy (non-hydrogen) atoms. The molecule has 1 amide bonds. The summed E-state index contributed by atoms with van der Waals surface area (Å²) in [6, 6.07) is 5.43. The van der Waals surface area contributed by atoms with Crippen LogP contribution in [0.4, 0.5) is 5.69 Å². The van der Waals surface area contributed by atoms with Crippen LogP contribution >= 0.6 is 27.5 Å². The molecule has 3 N–H and O–H groups in total. The number of hydrogen-bond donors (Lipinski definition) is 2. The third kappa shape index (κ3) is 2.87. The van der Waals surface area contributed by atoms with E-state index in [-0.39, 0.29) is 11.8 Å². The van der Waals surface area contributed by atoms with Gasteiger partial charge in [-0.1, -0.05) is 24.1 Å². The smallest absolute Gasteiger partial charge is 0.227 e. The van der Waals surface area contributed by atoms with E-state index in [1.807, 2.05) is 12.1 Å². The first kappa shape index (κ1) is 13.8. The van der Waals surface area contributed by atoms with Crippen LogP contribution in [0.15, 0.2) is 22.7 Å². The predicted octanol–water partition coefficient (Wildman–Crippen LogP) is 3.42. The van der Waals surface area contributed by atoms with Gasteiger partial charge in [-0.15, -0.1) is 0 Å². The first-order valence-electron chi connectivity index (χ1n) is 6.08. The minimum Gasteiger partial charge on any atom is -0.330 e. The Hall–Kier alpha value is -0.580. The average molecular weight is 332 g/mol. The highest BCUT2D eigenvalue weighted by molar-refractivity contribution is 9.10. The number of amides is 1. The van der Waals surface area contributed by atoms with Crippen LogP contribution in [0.3, 0.4) is 0 Å². The SMILES string of the molecule is NCC1CCCC1C(=O)Nc1cccc(Cl)c1Br. The van der Waals surface area contributed by atoms with Crippen molar-refractivity contribution in [1.82, 2.24) is 0 Å². The van der Waals surface area contributed by atoms with Gasteiger partial charge >= 0.3 is 0 Å². The van der Waals surface area contributed by atoms with Crippen molar-refractivity contribution in [1.29, 1.82) is 0 Å². The van der Waals surface area contributed by atoms with Crippen molar-refractivity contribution in [3.8, 4) is 0 Å². The summed E-state index contributed by atoms with van der Waals surface area (Å²) in [6.07, 6.45) is 3.05. The van der Waals surface area contributed by atoms with Gasteiger partial charge in [-0.05, 0) is 53.4 Å². The van der Waals surface area contributed by atoms with Crippen molar-refractivity contribution < 1.29 is 4.79 Å². The van der Waals surface area contributed by atoms with E-state index >= 15 is 0 Å². The number of hydrogen-bond acceptors (Lipinski definition) is 2. The predicted molar refractivity (Wildman–Crippen MR) is 77.7 cm³/mol. The highest BCUT2D eigenvalue weighted by Crippen LogP contribution is 2.34. The zero-order valence-corrected chi connectivity index (χ0v) is 12.3. The third-order valence-corrected chi connectivity index (χ3v) is 4.91. The van der Waals surface area contributed by atoms with Crippen molar-refractivity contribution >= 4 is 39.1 Å². The van der Waals surface area contributed by atoms with Crippen LogP contribution < -0.4 is 11.1 Å². The number of nitrogens with one attached hydrogen (secondary N) is 1. The Morgan fingerprint density at radius 2 is 2.28 bits per heavy atom. The fourth-order valence-electron chi connectivity index (χ4n) is 2.49. The van der Waals surface area contributed by atoms with E-state index < -0.39 is 0 Å². The second-order valence-corrected chi connectivity index (χ2v) is 5.82. The van der Waals surface area contributed by atoms with Gasteiger partial charge < -0.3 is 11.1 Å². The second kappa shape index (κ2) is 6.04. The topological polar surface area (TPSA) is 55.1 Å². The summed E-state index contributed by atoms with van der Waals surface area (Å²) in [5, 5.41) is 3.52. The summed E-state index contributed by atoms with van der Waals surface area (Å²) in [5.74, 6) is 0.384. The van der Waals surface area contributed by atoms with E-state index in [1.165, 1.54) is 0 Å². The van der Waals surface area contributed by atoms with E-state index in [0.29, 0.717) is 17.5 Å². The van der Waals surface area contributed by atoms with Gasteiger partial charge in [-0.25, -0.2) is 0 Å². The zero-order valence-electron chi connectivity index (χ0n) is 9.96. The van der Waals surface area contributed by atoms with E-state index in [2.05, 4.69) is 21.2 Å². The summed E-state index contributed by atoms with van der Waals surface area (Å²) in [6.45, 7) is 0.578. The number of carbonyl (C=O) groups excluding carboxylic acids is 1. The average Bonchev–Trinajstić information content (AvgIpc) is 2.83. The molecule has 5 heteroatoms. The largest absolute Gasteiger partial charge is 0.330 e. The molecule has 1 saturated carbocycles. The van der Waals surface area contributed by atoms with Crippen molar-refractivity contribution in [3.05, 3.63) is 27.7 Å². The molecular formula is C13H16BrClN2O. The van der Waals surface area contributed by atoms with Crippen LogP contribution in [0.25, 0.3) is 0 Å². The summed E-state index contributed by atoms with van der Waals surface area (Å²) >= 11 is 9.37. The van der Waals surface area contributed by atoms with Crippen LogP contribution in [0.1, 0.15) is 19.3 Å². The first-order chi connectivity index (χ1) is 8.63. The van der Waals surface area contributed by atoms with Gasteiger partial charge in [0.25, 0.3) is 0 Å². The summed E-state index contributed by atoms with van der Waals surface area (Å²) in [5.41, 5.74) is 6.42. The van der Waals surface area contributed by atoms with Gasteiger partial charge in [-0.2, -0.15) is 0 Å². The maximum Gasteiger partial charge on any atom is 0.227 e. The molecule has 98 valence electrons. The normalized spacial score (nSPS) is 23.1. The van der Waals surface area contributed by atoms with Crippen molar-refractivity contribution in [2.24, 2.45) is 17.6 Å². The maximum absolute atomic E-state index is 12.2. The molecule has 1 aliphatic carbocycles. The Balaban J connectivity index is 2.09. The first-order valence-corrected chi connectivity index (χ1v) is 7.25. The zero-order chi connectivity index (χ0) is 13.1. The molecule has 3 nitrogen and oxygen atoms in total. The maximum atomic E-state index is 12.2. The molecule has 0 aromatic heterocycles. The summed E-state index contributed by atoms with van der Waals surface area (Å²) in [7, 11) is 0. The molecule has 0 saturated heterocycles. The number of rotatable bonds is 3. The number of carbonyl (C=O) groups is 1. The molecule has 0 bridgehead atoms. The number of halogens is 2. The van der Waals surface area contributed by atoms with E-state index in [0.717, 1.165) is 29.4 Å². The Bertz CT molecular complexity index is 453. The van der Waals surface area contributed by atoms with Crippen LogP contribution in [0.5, 0.6) is 0 Å². The molecule has 0 aliphatic heterocycles. The molecule has 1 aliphatic rings. The molecule has 1 fully saturated rings. The lowest BCUT2D eigenvalue weighted by Gasteiger charge is -2.18. The van der Waals surface area contributed by atoms with Crippen molar-refractivity contribution in [2.75, 3.05) is 11.9 Å². The molecule has 2 unspecified atom stereocenters. The fraction of sp³-hybridized carbons (Fsp3) is 0.462. The monoisotopic (exact) mass is 330 g/mol. The van der Waals surface area contributed by atoms with E-state index in [4.69, 9.17) is 17.3 Å². The second-order valence-electron chi connectivity index (χ2n) is 4.62. The lowest BCUT2D eigenvalue weighted by molar-refractivity contribution is -0.120. The van der Waals surface area contributed by atoms with E-state index in [9.17, 15) is 4.79 Å². The highest BCUT2D eigenvalue weighted by Gasteiger charge is 2.32. The Labute approximate surface area is 120 Å². The van der Waals surface area contributed by atoms with Crippen LogP contribution in [0.2, 0.25) is 5.02 Å². The molecule has 0 heterocycles. The van der Waals surface area contributed by atoms with Gasteiger partial charge in [0.2, 0.25) is 5.91 Å². The minimum absolute atomic E-state index is 0.0286. The quantitative estimate of drug-likeness (QED) is 0.891. The standard InChI is InChI=1S/C13H16BrClN2O/c14-12-10(15)5-2-6-11(12)17-13(18)9-4-1-3-8(9)7-16/h2,5-6,8-9H,1,3-4,7,16H2,(H,17,18). The molecule has 1 aromatic carbocycles. The molecular weight excluding hydrogens is 316 g/mol. The van der Waals surface area contributed by atoms with E-state index in [1.54, 1.807) is 6.07 Å². The van der Waals surface area contributed by atoms with Gasteiger partial charge in [0.1, 0.15) is 0 Å². The van der Waals surface area contributed by atoms with Gasteiger partial charge in [0, 0.05) is 5.92 Å². The molecule has 1 aromatic rings. The third-order valence-electron chi connectivity index (χ3n) is 3.51. The van der Waals surface area contributed by atoms with Crippen LogP contribution in [-0.4, -0.2) is 12.5 Å². The number of anilines is 1. The number of nitrogens with two attached hydrogens (primary N) is 1. The number of benzene rings is 1. The summed E-state index contributed by atoms with van der Waals surface area (Å²) in [4.78, 5) is 12.2. The molecule has 2 atom stereocenters. The van der Waals surface area contributed by atoms with Crippen molar-refractivity contribution in [2.45, 2.75) is 19.3 Å². The van der Waals surface area contributed by atoms with Gasteiger partial charge in [-0.3, -0.25) is 4.79 Å². The van der Waals surface area contributed by atoms with Crippen molar-refractivity contribution in [3.63, 3.8) is 0 Å². The lowest BCUT2D eigenvalue weighted by Crippen LogP contribution is -2.29. The molecule has 0 spiro atoms.